The van der Waals surface area contributed by atoms with E-state index in [1.165, 1.54) is 6.07 Å². The Morgan fingerprint density at radius 2 is 2.00 bits per heavy atom. The van der Waals surface area contributed by atoms with E-state index in [1.807, 2.05) is 25.1 Å². The summed E-state index contributed by atoms with van der Waals surface area (Å²) < 4.78 is 13.8. The molecule has 0 saturated carbocycles. The first-order valence-corrected chi connectivity index (χ1v) is 8.00. The second kappa shape index (κ2) is 7.67. The van der Waals surface area contributed by atoms with Crippen molar-refractivity contribution in [3.05, 3.63) is 59.4 Å². The van der Waals surface area contributed by atoms with Gasteiger partial charge in [0.25, 0.3) is 0 Å². The Labute approximate surface area is 148 Å². The van der Waals surface area contributed by atoms with Gasteiger partial charge in [-0.3, -0.25) is 4.79 Å². The van der Waals surface area contributed by atoms with Crippen LogP contribution in [0.15, 0.2) is 42.5 Å². The molecule has 0 radical (unpaired) electrons. The first-order valence-electron chi connectivity index (χ1n) is 8.00. The third-order valence-electron chi connectivity index (χ3n) is 4.46. The lowest BCUT2D eigenvalue weighted by molar-refractivity contribution is -0.122. The number of rotatable bonds is 3. The molecule has 0 bridgehead atoms. The Balaban J connectivity index is 0.00000208. The maximum Gasteiger partial charge on any atom is 0.230 e. The number of nitrogen functional groups attached to an aromatic ring is 1. The minimum Gasteiger partial charge on any atom is -0.398 e. The monoisotopic (exact) mass is 348 g/mol. The predicted molar refractivity (Wildman–Crippen MR) is 98.0 cm³/mol. The molecule has 1 aliphatic heterocycles. The number of halogens is 2. The molecule has 3 nitrogen and oxygen atoms in total. The summed E-state index contributed by atoms with van der Waals surface area (Å²) >= 11 is 0. The third-order valence-corrected chi connectivity index (χ3v) is 4.46. The maximum absolute atomic E-state index is 13.8. The van der Waals surface area contributed by atoms with Gasteiger partial charge in [0.15, 0.2) is 0 Å². The molecule has 128 valence electrons. The summed E-state index contributed by atoms with van der Waals surface area (Å²) in [6, 6.07) is 12.3. The number of hydrogen-bond acceptors (Lipinski definition) is 2. The summed E-state index contributed by atoms with van der Waals surface area (Å²) in [7, 11) is 0. The number of anilines is 2. The van der Waals surface area contributed by atoms with Gasteiger partial charge in [-0.25, -0.2) is 4.39 Å². The Morgan fingerprint density at radius 1 is 1.25 bits per heavy atom. The summed E-state index contributed by atoms with van der Waals surface area (Å²) in [5.41, 5.74) is 9.31. The molecule has 2 N–H and O–H groups in total. The van der Waals surface area contributed by atoms with Crippen molar-refractivity contribution in [2.45, 2.75) is 26.2 Å². The van der Waals surface area contributed by atoms with Crippen molar-refractivity contribution < 1.29 is 9.18 Å². The van der Waals surface area contributed by atoms with Crippen LogP contribution in [0.3, 0.4) is 0 Å². The summed E-state index contributed by atoms with van der Waals surface area (Å²) in [6.07, 6.45) is 2.20. The van der Waals surface area contributed by atoms with Gasteiger partial charge in [-0.15, -0.1) is 12.4 Å². The number of nitrogens with zero attached hydrogens (tertiary/aromatic N) is 1. The molecule has 1 atom stereocenters. The maximum atomic E-state index is 13.8. The highest BCUT2D eigenvalue weighted by Crippen LogP contribution is 2.32. The van der Waals surface area contributed by atoms with Crippen LogP contribution >= 0.6 is 12.4 Å². The fourth-order valence-corrected chi connectivity index (χ4v) is 3.23. The van der Waals surface area contributed by atoms with Gasteiger partial charge in [-0.05, 0) is 48.6 Å². The van der Waals surface area contributed by atoms with Crippen molar-refractivity contribution in [2.24, 2.45) is 5.92 Å². The van der Waals surface area contributed by atoms with E-state index in [9.17, 15) is 9.18 Å². The Hall–Kier alpha value is -2.07. The number of fused-ring (bicyclic) bond motifs is 1. The fourth-order valence-electron chi connectivity index (χ4n) is 3.23. The van der Waals surface area contributed by atoms with Gasteiger partial charge in [0, 0.05) is 23.8 Å². The molecule has 24 heavy (non-hydrogen) atoms. The zero-order valence-electron chi connectivity index (χ0n) is 13.7. The van der Waals surface area contributed by atoms with E-state index >= 15 is 0 Å². The minimum absolute atomic E-state index is 0. The molecule has 3 rings (SSSR count). The average Bonchev–Trinajstić information content (AvgIpc) is 2.56. The van der Waals surface area contributed by atoms with Crippen LogP contribution in [-0.4, -0.2) is 12.5 Å². The van der Waals surface area contributed by atoms with E-state index < -0.39 is 0 Å². The average molecular weight is 349 g/mol. The van der Waals surface area contributed by atoms with Crippen molar-refractivity contribution in [2.75, 3.05) is 17.2 Å². The normalized spacial score (nSPS) is 14.5. The molecule has 5 heteroatoms. The predicted octanol–water partition coefficient (Wildman–Crippen LogP) is 3.99. The van der Waals surface area contributed by atoms with Crippen LogP contribution in [0, 0.1) is 11.7 Å². The van der Waals surface area contributed by atoms with Gasteiger partial charge in [0.1, 0.15) is 5.82 Å². The molecule has 1 aliphatic rings. The Kier molecular flexibility index (Phi) is 5.84. The molecule has 0 fully saturated rings. The highest BCUT2D eigenvalue weighted by molar-refractivity contribution is 5.97. The summed E-state index contributed by atoms with van der Waals surface area (Å²) in [5.74, 6) is -0.505. The Bertz CT molecular complexity index is 735. The minimum atomic E-state index is -0.278. The van der Waals surface area contributed by atoms with Crippen LogP contribution < -0.4 is 10.6 Å². The van der Waals surface area contributed by atoms with Gasteiger partial charge in [-0.2, -0.15) is 0 Å². The Morgan fingerprint density at radius 3 is 2.75 bits per heavy atom. The largest absolute Gasteiger partial charge is 0.398 e. The van der Waals surface area contributed by atoms with E-state index in [0.29, 0.717) is 18.5 Å². The van der Waals surface area contributed by atoms with Crippen LogP contribution in [0.1, 0.15) is 24.5 Å². The summed E-state index contributed by atoms with van der Waals surface area (Å²) in [4.78, 5) is 14.7. The molecule has 0 aromatic heterocycles. The van der Waals surface area contributed by atoms with Crippen LogP contribution in [0.25, 0.3) is 0 Å². The van der Waals surface area contributed by atoms with Crippen LogP contribution in [0.4, 0.5) is 15.8 Å². The van der Waals surface area contributed by atoms with Crippen LogP contribution in [0.2, 0.25) is 0 Å². The van der Waals surface area contributed by atoms with E-state index in [1.54, 1.807) is 23.1 Å². The number of hydrogen-bond donors (Lipinski definition) is 1. The van der Waals surface area contributed by atoms with Crippen molar-refractivity contribution in [1.82, 2.24) is 0 Å². The summed E-state index contributed by atoms with van der Waals surface area (Å²) in [6.45, 7) is 2.55. The smallest absolute Gasteiger partial charge is 0.230 e. The van der Waals surface area contributed by atoms with E-state index in [4.69, 9.17) is 5.73 Å². The van der Waals surface area contributed by atoms with Crippen molar-refractivity contribution in [3.8, 4) is 0 Å². The van der Waals surface area contributed by atoms with Gasteiger partial charge in [0.2, 0.25) is 5.91 Å². The van der Waals surface area contributed by atoms with Gasteiger partial charge in [0.05, 0.1) is 0 Å². The number of nitrogens with two attached hydrogens (primary N) is 1. The molecule has 2 aromatic rings. The molecule has 0 saturated heterocycles. The lowest BCUT2D eigenvalue weighted by Crippen LogP contribution is -2.39. The van der Waals surface area contributed by atoms with Gasteiger partial charge in [-0.1, -0.05) is 31.2 Å². The number of amides is 1. The molecule has 0 aliphatic carbocycles. The SMILES string of the molecule is CC(Cc1ccccc1F)C(=O)N1CCCc2c(N)cccc21.Cl. The van der Waals surface area contributed by atoms with E-state index in [0.717, 1.165) is 29.8 Å². The number of carbonyl (C=O) groups excluding carboxylic acids is 1. The van der Waals surface area contributed by atoms with Crippen molar-refractivity contribution in [1.29, 1.82) is 0 Å². The molecule has 1 amide bonds. The van der Waals surface area contributed by atoms with Gasteiger partial charge >= 0.3 is 0 Å². The number of benzene rings is 2. The standard InChI is InChI=1S/C19H21FN2O.ClH/c1-13(12-14-6-2-3-8-16(14)20)19(23)22-11-5-7-15-17(21)9-4-10-18(15)22;/h2-4,6,8-10,13H,5,7,11-12,21H2,1H3;1H. The molecule has 1 unspecified atom stereocenters. The van der Waals surface area contributed by atoms with Crippen molar-refractivity contribution >= 4 is 29.7 Å². The second-order valence-electron chi connectivity index (χ2n) is 6.13. The van der Waals surface area contributed by atoms with E-state index in [2.05, 4.69) is 0 Å². The first kappa shape index (κ1) is 18.3. The van der Waals surface area contributed by atoms with Gasteiger partial charge < -0.3 is 10.6 Å². The zero-order valence-corrected chi connectivity index (χ0v) is 14.5. The highest BCUT2D eigenvalue weighted by Gasteiger charge is 2.27. The topological polar surface area (TPSA) is 46.3 Å². The van der Waals surface area contributed by atoms with Crippen LogP contribution in [-0.2, 0) is 17.6 Å². The first-order chi connectivity index (χ1) is 11.1. The summed E-state index contributed by atoms with van der Waals surface area (Å²) in [5, 5.41) is 0. The second-order valence-corrected chi connectivity index (χ2v) is 6.13. The lowest BCUT2D eigenvalue weighted by Gasteiger charge is -2.32. The molecular weight excluding hydrogens is 327 g/mol. The highest BCUT2D eigenvalue weighted by atomic mass is 35.5. The fraction of sp³-hybridized carbons (Fsp3) is 0.316. The molecule has 1 heterocycles. The molecule has 2 aromatic carbocycles. The quantitative estimate of drug-likeness (QED) is 0.852. The number of carbonyl (C=O) groups is 1. The zero-order chi connectivity index (χ0) is 16.4. The van der Waals surface area contributed by atoms with Crippen molar-refractivity contribution in [3.63, 3.8) is 0 Å². The lowest BCUT2D eigenvalue weighted by atomic mass is 9.95. The third kappa shape index (κ3) is 3.54. The molecule has 0 spiro atoms. The van der Waals surface area contributed by atoms with Crippen LogP contribution in [0.5, 0.6) is 0 Å². The molecular formula is C19H22ClFN2O. The van der Waals surface area contributed by atoms with E-state index in [-0.39, 0.29) is 30.0 Å².